The molecule has 1 rings (SSSR count). The summed E-state index contributed by atoms with van der Waals surface area (Å²) < 4.78 is 5.13. The quantitative estimate of drug-likeness (QED) is 0.787. The number of aromatic nitrogens is 1. The third-order valence-electron chi connectivity index (χ3n) is 2.20. The van der Waals surface area contributed by atoms with E-state index in [1.165, 1.54) is 4.88 Å². The summed E-state index contributed by atoms with van der Waals surface area (Å²) in [6.45, 7) is 9.63. The lowest BCUT2D eigenvalue weighted by atomic mass is 10.2. The van der Waals surface area contributed by atoms with Crippen molar-refractivity contribution in [3.63, 3.8) is 0 Å². The summed E-state index contributed by atoms with van der Waals surface area (Å²) in [6.07, 6.45) is 2.57. The van der Waals surface area contributed by atoms with Gasteiger partial charge in [0.2, 0.25) is 0 Å². The van der Waals surface area contributed by atoms with Crippen LogP contribution in [0.5, 0.6) is 0 Å². The second-order valence-corrected chi connectivity index (χ2v) is 6.38. The van der Waals surface area contributed by atoms with Gasteiger partial charge in [-0.3, -0.25) is 0 Å². The van der Waals surface area contributed by atoms with Crippen LogP contribution in [0.3, 0.4) is 0 Å². The van der Waals surface area contributed by atoms with E-state index in [9.17, 15) is 4.79 Å². The molecule has 19 heavy (non-hydrogen) atoms. The van der Waals surface area contributed by atoms with Gasteiger partial charge in [0.1, 0.15) is 10.6 Å². The number of alkyl carbamates (subject to hydrolysis) is 1. The highest BCUT2D eigenvalue weighted by atomic mass is 32.1. The predicted octanol–water partition coefficient (Wildman–Crippen LogP) is 2.32. The molecule has 0 aliphatic rings. The van der Waals surface area contributed by atoms with Crippen molar-refractivity contribution in [3.8, 4) is 0 Å². The molecule has 0 radical (unpaired) electrons. The van der Waals surface area contributed by atoms with Crippen LogP contribution in [0.2, 0.25) is 0 Å². The number of ether oxygens (including phenoxy) is 1. The third kappa shape index (κ3) is 7.12. The Kier molecular flexibility index (Phi) is 6.24. The number of amides is 1. The first-order chi connectivity index (χ1) is 8.90. The highest BCUT2D eigenvalue weighted by Gasteiger charge is 2.15. The summed E-state index contributed by atoms with van der Waals surface area (Å²) >= 11 is 1.72. The molecule has 5 nitrogen and oxygen atoms in total. The van der Waals surface area contributed by atoms with Crippen molar-refractivity contribution in [1.29, 1.82) is 0 Å². The van der Waals surface area contributed by atoms with Crippen molar-refractivity contribution >= 4 is 17.4 Å². The minimum atomic E-state index is -0.449. The van der Waals surface area contributed by atoms with Crippen LogP contribution in [0.4, 0.5) is 4.79 Å². The monoisotopic (exact) mass is 285 g/mol. The molecule has 0 aromatic carbocycles. The van der Waals surface area contributed by atoms with Gasteiger partial charge < -0.3 is 15.4 Å². The van der Waals surface area contributed by atoms with Gasteiger partial charge in [-0.25, -0.2) is 9.78 Å². The summed E-state index contributed by atoms with van der Waals surface area (Å²) in [6, 6.07) is 0. The summed E-state index contributed by atoms with van der Waals surface area (Å²) in [5.41, 5.74) is -0.449. The van der Waals surface area contributed by atoms with Crippen LogP contribution in [0, 0.1) is 0 Å². The van der Waals surface area contributed by atoms with E-state index in [1.807, 2.05) is 27.0 Å². The van der Waals surface area contributed by atoms with Gasteiger partial charge in [-0.15, -0.1) is 11.3 Å². The largest absolute Gasteiger partial charge is 0.444 e. The zero-order valence-electron chi connectivity index (χ0n) is 12.1. The van der Waals surface area contributed by atoms with Crippen molar-refractivity contribution in [3.05, 3.63) is 16.1 Å². The number of aryl methyl sites for hydroxylation is 1. The average molecular weight is 285 g/mol. The lowest BCUT2D eigenvalue weighted by Gasteiger charge is -2.19. The van der Waals surface area contributed by atoms with Crippen LogP contribution in [-0.4, -0.2) is 29.8 Å². The van der Waals surface area contributed by atoms with Crippen LogP contribution in [0.25, 0.3) is 0 Å². The zero-order chi connectivity index (χ0) is 14.3. The number of hydrogen-bond acceptors (Lipinski definition) is 5. The van der Waals surface area contributed by atoms with E-state index < -0.39 is 5.60 Å². The molecule has 1 aromatic heterocycles. The minimum absolute atomic E-state index is 0.378. The standard InChI is InChI=1S/C13H23N3O2S/c1-5-10-8-16-11(19-10)9-14-6-7-15-12(17)18-13(2,3)4/h8,14H,5-7,9H2,1-4H3,(H,15,17). The van der Waals surface area contributed by atoms with Gasteiger partial charge in [-0.05, 0) is 27.2 Å². The molecule has 0 spiro atoms. The SMILES string of the molecule is CCc1cnc(CNCCNC(=O)OC(C)(C)C)s1. The van der Waals surface area contributed by atoms with Crippen LogP contribution in [0.1, 0.15) is 37.6 Å². The molecular formula is C13H23N3O2S. The van der Waals surface area contributed by atoms with Crippen molar-refractivity contribution in [2.45, 2.75) is 46.3 Å². The molecule has 1 amide bonds. The number of rotatable bonds is 6. The summed E-state index contributed by atoms with van der Waals surface area (Å²) in [5, 5.41) is 7.01. The second-order valence-electron chi connectivity index (χ2n) is 5.18. The Hall–Kier alpha value is -1.14. The Balaban J connectivity index is 2.09. The number of hydrogen-bond donors (Lipinski definition) is 2. The van der Waals surface area contributed by atoms with Crippen molar-refractivity contribution < 1.29 is 9.53 Å². The lowest BCUT2D eigenvalue weighted by molar-refractivity contribution is 0.0528. The molecule has 0 saturated heterocycles. The molecule has 6 heteroatoms. The molecule has 0 saturated carbocycles. The van der Waals surface area contributed by atoms with E-state index in [2.05, 4.69) is 22.5 Å². The first kappa shape index (κ1) is 15.9. The van der Waals surface area contributed by atoms with Gasteiger partial charge in [0.15, 0.2) is 0 Å². The average Bonchev–Trinajstić information content (AvgIpc) is 2.74. The highest BCUT2D eigenvalue weighted by molar-refractivity contribution is 7.11. The Morgan fingerprint density at radius 1 is 1.42 bits per heavy atom. The number of nitrogens with zero attached hydrogens (tertiary/aromatic N) is 1. The summed E-state index contributed by atoms with van der Waals surface area (Å²) in [7, 11) is 0. The van der Waals surface area contributed by atoms with Crippen molar-refractivity contribution in [1.82, 2.24) is 15.6 Å². The molecule has 0 bridgehead atoms. The minimum Gasteiger partial charge on any atom is -0.444 e. The fourth-order valence-electron chi connectivity index (χ4n) is 1.36. The fourth-order valence-corrected chi connectivity index (χ4v) is 2.19. The van der Waals surface area contributed by atoms with Crippen molar-refractivity contribution in [2.24, 2.45) is 0 Å². The molecule has 0 atom stereocenters. The van der Waals surface area contributed by atoms with Gasteiger partial charge in [-0.1, -0.05) is 6.92 Å². The van der Waals surface area contributed by atoms with Crippen LogP contribution >= 0.6 is 11.3 Å². The molecule has 1 aromatic rings. The predicted molar refractivity (Wildman–Crippen MR) is 77.4 cm³/mol. The van der Waals surface area contributed by atoms with Gasteiger partial charge in [0.25, 0.3) is 0 Å². The topological polar surface area (TPSA) is 63.2 Å². The number of carbonyl (C=O) groups excluding carboxylic acids is 1. The molecule has 0 fully saturated rings. The molecular weight excluding hydrogens is 262 g/mol. The van der Waals surface area contributed by atoms with Crippen molar-refractivity contribution in [2.75, 3.05) is 13.1 Å². The molecule has 1 heterocycles. The van der Waals surface area contributed by atoms with E-state index in [0.717, 1.165) is 18.0 Å². The number of thiazole rings is 1. The van der Waals surface area contributed by atoms with E-state index in [4.69, 9.17) is 4.74 Å². The van der Waals surface area contributed by atoms with Crippen LogP contribution in [0.15, 0.2) is 6.20 Å². The Bertz CT molecular complexity index is 399. The van der Waals surface area contributed by atoms with E-state index in [0.29, 0.717) is 13.1 Å². The lowest BCUT2D eigenvalue weighted by Crippen LogP contribution is -2.36. The van der Waals surface area contributed by atoms with Gasteiger partial charge in [-0.2, -0.15) is 0 Å². The highest BCUT2D eigenvalue weighted by Crippen LogP contribution is 2.12. The van der Waals surface area contributed by atoms with Gasteiger partial charge >= 0.3 is 6.09 Å². The molecule has 0 aliphatic carbocycles. The normalized spacial score (nSPS) is 11.4. The van der Waals surface area contributed by atoms with Gasteiger partial charge in [0, 0.05) is 30.7 Å². The maximum Gasteiger partial charge on any atom is 0.407 e. The van der Waals surface area contributed by atoms with Crippen LogP contribution < -0.4 is 10.6 Å². The second kappa shape index (κ2) is 7.45. The van der Waals surface area contributed by atoms with E-state index in [1.54, 1.807) is 11.3 Å². The van der Waals surface area contributed by atoms with E-state index >= 15 is 0 Å². The Labute approximate surface area is 118 Å². The zero-order valence-corrected chi connectivity index (χ0v) is 12.9. The molecule has 108 valence electrons. The Morgan fingerprint density at radius 3 is 2.74 bits per heavy atom. The van der Waals surface area contributed by atoms with Crippen LogP contribution in [-0.2, 0) is 17.7 Å². The number of nitrogens with one attached hydrogen (secondary N) is 2. The number of carbonyl (C=O) groups is 1. The van der Waals surface area contributed by atoms with E-state index in [-0.39, 0.29) is 6.09 Å². The molecule has 0 unspecified atom stereocenters. The first-order valence-electron chi connectivity index (χ1n) is 6.52. The Morgan fingerprint density at radius 2 is 2.16 bits per heavy atom. The maximum atomic E-state index is 11.4. The molecule has 2 N–H and O–H groups in total. The van der Waals surface area contributed by atoms with Gasteiger partial charge in [0.05, 0.1) is 0 Å². The third-order valence-corrected chi connectivity index (χ3v) is 3.34. The summed E-state index contributed by atoms with van der Waals surface area (Å²) in [5.74, 6) is 0. The smallest absolute Gasteiger partial charge is 0.407 e. The summed E-state index contributed by atoms with van der Waals surface area (Å²) in [4.78, 5) is 17.0. The first-order valence-corrected chi connectivity index (χ1v) is 7.33. The molecule has 0 aliphatic heterocycles. The fraction of sp³-hybridized carbons (Fsp3) is 0.692. The maximum absolute atomic E-state index is 11.4.